The van der Waals surface area contributed by atoms with Crippen LogP contribution in [0.2, 0.25) is 0 Å². The van der Waals surface area contributed by atoms with E-state index >= 15 is 0 Å². The van der Waals surface area contributed by atoms with Gasteiger partial charge in [-0.25, -0.2) is 4.79 Å². The van der Waals surface area contributed by atoms with E-state index < -0.39 is 5.97 Å². The highest BCUT2D eigenvalue weighted by atomic mass is 32.1. The van der Waals surface area contributed by atoms with Gasteiger partial charge < -0.3 is 15.2 Å². The number of ether oxygens (including phenoxy) is 1. The van der Waals surface area contributed by atoms with Crippen molar-refractivity contribution in [2.75, 3.05) is 12.4 Å². The molecule has 1 aromatic carbocycles. The number of carboxylic acids is 1. The van der Waals surface area contributed by atoms with Crippen molar-refractivity contribution in [2.45, 2.75) is 6.54 Å². The Bertz CT molecular complexity index is 537. The summed E-state index contributed by atoms with van der Waals surface area (Å²) < 4.78 is 5.20. The first-order valence-corrected chi connectivity index (χ1v) is 6.26. The third-order valence-corrected chi connectivity index (χ3v) is 3.36. The summed E-state index contributed by atoms with van der Waals surface area (Å²) in [5.74, 6) is -0.312. The normalized spacial score (nSPS) is 10.1. The Morgan fingerprint density at radius 3 is 2.89 bits per heavy atom. The number of carbonyl (C=O) groups is 1. The molecule has 0 saturated heterocycles. The molecule has 0 aliphatic carbocycles. The van der Waals surface area contributed by atoms with Gasteiger partial charge in [-0.3, -0.25) is 0 Å². The van der Waals surface area contributed by atoms with Gasteiger partial charge in [0.05, 0.1) is 18.4 Å². The molecule has 0 unspecified atom stereocenters. The maximum atomic E-state index is 10.9. The molecule has 2 rings (SSSR count). The van der Waals surface area contributed by atoms with Crippen LogP contribution in [0.1, 0.15) is 15.2 Å². The van der Waals surface area contributed by atoms with E-state index in [2.05, 4.69) is 5.32 Å². The fourth-order valence-electron chi connectivity index (χ4n) is 1.57. The largest absolute Gasteiger partial charge is 0.495 e. The lowest BCUT2D eigenvalue weighted by atomic mass is 10.2. The number of aromatic carboxylic acids is 1. The van der Waals surface area contributed by atoms with Crippen LogP contribution in [0.4, 0.5) is 5.69 Å². The first-order chi connectivity index (χ1) is 8.70. The van der Waals surface area contributed by atoms with E-state index in [0.717, 1.165) is 0 Å². The predicted octanol–water partition coefficient (Wildman–Crippen LogP) is 3.07. The zero-order chi connectivity index (χ0) is 13.0. The zero-order valence-corrected chi connectivity index (χ0v) is 10.7. The van der Waals surface area contributed by atoms with Crippen molar-refractivity contribution in [1.82, 2.24) is 0 Å². The van der Waals surface area contributed by atoms with Crippen molar-refractivity contribution < 1.29 is 14.6 Å². The molecule has 0 saturated carbocycles. The molecule has 2 aromatic rings. The maximum Gasteiger partial charge on any atom is 0.335 e. The molecule has 5 heteroatoms. The topological polar surface area (TPSA) is 58.6 Å². The van der Waals surface area contributed by atoms with Crippen LogP contribution in [0.25, 0.3) is 0 Å². The van der Waals surface area contributed by atoms with Crippen molar-refractivity contribution in [3.8, 4) is 5.75 Å². The van der Waals surface area contributed by atoms with Crippen LogP contribution in [0.15, 0.2) is 35.7 Å². The molecule has 94 valence electrons. The van der Waals surface area contributed by atoms with Gasteiger partial charge in [0.25, 0.3) is 0 Å². The molecule has 4 nitrogen and oxygen atoms in total. The van der Waals surface area contributed by atoms with Crippen molar-refractivity contribution in [3.63, 3.8) is 0 Å². The molecular weight excluding hydrogens is 250 g/mol. The number of thiophene rings is 1. The maximum absolute atomic E-state index is 10.9. The van der Waals surface area contributed by atoms with Gasteiger partial charge in [0.15, 0.2) is 0 Å². The fourth-order valence-corrected chi connectivity index (χ4v) is 2.22. The van der Waals surface area contributed by atoms with Gasteiger partial charge in [-0.1, -0.05) is 6.07 Å². The highest BCUT2D eigenvalue weighted by molar-refractivity contribution is 7.09. The molecule has 1 heterocycles. The minimum Gasteiger partial charge on any atom is -0.495 e. The van der Waals surface area contributed by atoms with Gasteiger partial charge in [-0.15, -0.1) is 11.3 Å². The molecule has 0 spiro atoms. The number of rotatable bonds is 5. The third kappa shape index (κ3) is 2.81. The Morgan fingerprint density at radius 1 is 1.44 bits per heavy atom. The van der Waals surface area contributed by atoms with E-state index in [-0.39, 0.29) is 5.56 Å². The molecular formula is C13H13NO3S. The molecule has 18 heavy (non-hydrogen) atoms. The van der Waals surface area contributed by atoms with Crippen LogP contribution in [0.3, 0.4) is 0 Å². The highest BCUT2D eigenvalue weighted by Gasteiger charge is 2.08. The summed E-state index contributed by atoms with van der Waals surface area (Å²) in [5.41, 5.74) is 0.926. The summed E-state index contributed by atoms with van der Waals surface area (Å²) in [6.07, 6.45) is 0. The minimum atomic E-state index is -0.947. The molecule has 0 bridgehead atoms. The second kappa shape index (κ2) is 5.55. The Kier molecular flexibility index (Phi) is 3.84. The zero-order valence-electron chi connectivity index (χ0n) is 9.84. The second-order valence-corrected chi connectivity index (χ2v) is 4.69. The van der Waals surface area contributed by atoms with Gasteiger partial charge in [-0.2, -0.15) is 0 Å². The Balaban J connectivity index is 2.18. The molecule has 0 aliphatic heterocycles. The molecule has 0 atom stereocenters. The number of anilines is 1. The lowest BCUT2D eigenvalue weighted by molar-refractivity contribution is 0.0697. The van der Waals surface area contributed by atoms with Gasteiger partial charge in [0.1, 0.15) is 5.75 Å². The summed E-state index contributed by atoms with van der Waals surface area (Å²) in [6, 6.07) is 8.75. The summed E-state index contributed by atoms with van der Waals surface area (Å²) in [5, 5.41) is 14.1. The van der Waals surface area contributed by atoms with Crippen LogP contribution in [0, 0.1) is 0 Å². The standard InChI is InChI=1S/C13H13NO3S/c1-17-12-5-4-9(13(15)16)7-11(12)14-8-10-3-2-6-18-10/h2-7,14H,8H2,1H3,(H,15,16). The fraction of sp³-hybridized carbons (Fsp3) is 0.154. The van der Waals surface area contributed by atoms with Crippen molar-refractivity contribution in [1.29, 1.82) is 0 Å². The van der Waals surface area contributed by atoms with E-state index in [0.29, 0.717) is 18.0 Å². The molecule has 2 N–H and O–H groups in total. The van der Waals surface area contributed by atoms with E-state index in [9.17, 15) is 4.79 Å². The summed E-state index contributed by atoms with van der Waals surface area (Å²) in [7, 11) is 1.56. The number of nitrogens with one attached hydrogen (secondary N) is 1. The minimum absolute atomic E-state index is 0.240. The lowest BCUT2D eigenvalue weighted by Gasteiger charge is -2.11. The monoisotopic (exact) mass is 263 g/mol. The molecule has 0 fully saturated rings. The SMILES string of the molecule is COc1ccc(C(=O)O)cc1NCc1cccs1. The van der Waals surface area contributed by atoms with Crippen LogP contribution < -0.4 is 10.1 Å². The molecule has 1 aromatic heterocycles. The quantitative estimate of drug-likeness (QED) is 0.870. The predicted molar refractivity (Wildman–Crippen MR) is 71.6 cm³/mol. The van der Waals surface area contributed by atoms with Crippen molar-refractivity contribution in [3.05, 3.63) is 46.2 Å². The number of hydrogen-bond acceptors (Lipinski definition) is 4. The van der Waals surface area contributed by atoms with Gasteiger partial charge >= 0.3 is 5.97 Å². The van der Waals surface area contributed by atoms with Crippen LogP contribution in [-0.4, -0.2) is 18.2 Å². The second-order valence-electron chi connectivity index (χ2n) is 3.65. The number of benzene rings is 1. The Morgan fingerprint density at radius 2 is 2.28 bits per heavy atom. The van der Waals surface area contributed by atoms with Crippen molar-refractivity contribution >= 4 is 23.0 Å². The smallest absolute Gasteiger partial charge is 0.335 e. The van der Waals surface area contributed by atoms with Gasteiger partial charge in [-0.05, 0) is 29.6 Å². The molecule has 0 radical (unpaired) electrons. The lowest BCUT2D eigenvalue weighted by Crippen LogP contribution is -2.03. The summed E-state index contributed by atoms with van der Waals surface area (Å²) in [6.45, 7) is 0.650. The third-order valence-electron chi connectivity index (χ3n) is 2.48. The first-order valence-electron chi connectivity index (χ1n) is 5.38. The van der Waals surface area contributed by atoms with Crippen LogP contribution in [0.5, 0.6) is 5.75 Å². The average molecular weight is 263 g/mol. The first kappa shape index (κ1) is 12.4. The van der Waals surface area contributed by atoms with E-state index in [1.165, 1.54) is 10.9 Å². The van der Waals surface area contributed by atoms with Gasteiger partial charge in [0.2, 0.25) is 0 Å². The Labute approximate surface area is 109 Å². The van der Waals surface area contributed by atoms with Crippen LogP contribution in [-0.2, 0) is 6.54 Å². The highest BCUT2D eigenvalue weighted by Crippen LogP contribution is 2.26. The van der Waals surface area contributed by atoms with Crippen molar-refractivity contribution in [2.24, 2.45) is 0 Å². The molecule has 0 amide bonds. The average Bonchev–Trinajstić information content (AvgIpc) is 2.89. The Hall–Kier alpha value is -2.01. The van der Waals surface area contributed by atoms with Crippen LogP contribution >= 0.6 is 11.3 Å². The number of hydrogen-bond donors (Lipinski definition) is 2. The van der Waals surface area contributed by atoms with E-state index in [4.69, 9.17) is 9.84 Å². The van der Waals surface area contributed by atoms with E-state index in [1.807, 2.05) is 17.5 Å². The van der Waals surface area contributed by atoms with E-state index in [1.54, 1.807) is 30.6 Å². The van der Waals surface area contributed by atoms with Gasteiger partial charge in [0, 0.05) is 11.4 Å². The summed E-state index contributed by atoms with van der Waals surface area (Å²) in [4.78, 5) is 12.1. The summed E-state index contributed by atoms with van der Waals surface area (Å²) >= 11 is 1.65. The molecule has 0 aliphatic rings. The number of methoxy groups -OCH3 is 1. The number of carboxylic acid groups (broad SMARTS) is 1.